The number of hydrogen-bond donors (Lipinski definition) is 2. The highest BCUT2D eigenvalue weighted by atomic mass is 32.2. The molecule has 3 aromatic rings. The molecule has 0 amide bonds. The molecule has 0 aliphatic carbocycles. The molecule has 0 spiro atoms. The number of fused-ring (bicyclic) bond motifs is 3. The number of pyridine rings is 1. The molecule has 3 aliphatic rings. The summed E-state index contributed by atoms with van der Waals surface area (Å²) < 4.78 is 31.3. The van der Waals surface area contributed by atoms with E-state index in [1.165, 1.54) is 0 Å². The van der Waals surface area contributed by atoms with Crippen molar-refractivity contribution in [1.82, 2.24) is 9.88 Å². The topological polar surface area (TPSA) is 113 Å². The third kappa shape index (κ3) is 4.17. The number of aryl methyl sites for hydroxylation is 1. The Balaban J connectivity index is 1.31. The Hall–Kier alpha value is -3.37. The summed E-state index contributed by atoms with van der Waals surface area (Å²) in [7, 11) is -3.33. The van der Waals surface area contributed by atoms with Crippen molar-refractivity contribution in [3.8, 4) is 0 Å². The van der Waals surface area contributed by atoms with Crippen molar-refractivity contribution in [1.29, 1.82) is 0 Å². The first-order valence-corrected chi connectivity index (χ1v) is 13.4. The Morgan fingerprint density at radius 1 is 1.17 bits per heavy atom. The number of likely N-dealkylation sites (tertiary alicyclic amines) is 1. The minimum absolute atomic E-state index is 0.0166. The number of nitrogens with two attached hydrogens (primary N) is 1. The van der Waals surface area contributed by atoms with Crippen LogP contribution >= 0.6 is 0 Å². The fourth-order valence-corrected chi connectivity index (χ4v) is 6.64. The summed E-state index contributed by atoms with van der Waals surface area (Å²) in [6.45, 7) is 5.12. The van der Waals surface area contributed by atoms with E-state index in [0.29, 0.717) is 24.7 Å². The molecule has 2 atom stereocenters. The lowest BCUT2D eigenvalue weighted by Gasteiger charge is -2.24. The van der Waals surface area contributed by atoms with Crippen molar-refractivity contribution in [3.05, 3.63) is 59.7 Å². The molecular weight excluding hydrogens is 464 g/mol. The fraction of sp³-hybridized carbons (Fsp3) is 0.360. The summed E-state index contributed by atoms with van der Waals surface area (Å²) in [6, 6.07) is 15.9. The predicted octanol–water partition coefficient (Wildman–Crippen LogP) is 2.10. The van der Waals surface area contributed by atoms with Crippen LogP contribution in [-0.2, 0) is 21.1 Å². The molecule has 0 bridgehead atoms. The van der Waals surface area contributed by atoms with Crippen LogP contribution < -0.4 is 16.0 Å². The number of rotatable bonds is 4. The van der Waals surface area contributed by atoms with Gasteiger partial charge in [-0.05, 0) is 30.7 Å². The number of amidine groups is 1. The van der Waals surface area contributed by atoms with Crippen LogP contribution in [0, 0.1) is 6.92 Å². The number of sulfone groups is 1. The van der Waals surface area contributed by atoms with E-state index >= 15 is 0 Å². The van der Waals surface area contributed by atoms with Crippen molar-refractivity contribution in [2.75, 3.05) is 42.3 Å². The highest BCUT2D eigenvalue weighted by molar-refractivity contribution is 7.91. The summed E-state index contributed by atoms with van der Waals surface area (Å²) >= 11 is 0. The van der Waals surface area contributed by atoms with Crippen LogP contribution in [0.25, 0.3) is 10.9 Å². The van der Waals surface area contributed by atoms with Crippen LogP contribution in [0.15, 0.2) is 58.4 Å². The van der Waals surface area contributed by atoms with Crippen molar-refractivity contribution < 1.29 is 13.2 Å². The smallest absolute Gasteiger partial charge is 0.282 e. The van der Waals surface area contributed by atoms with E-state index < -0.39 is 9.84 Å². The lowest BCUT2D eigenvalue weighted by molar-refractivity contribution is 0.201. The zero-order valence-corrected chi connectivity index (χ0v) is 20.3. The van der Waals surface area contributed by atoms with Gasteiger partial charge in [0.1, 0.15) is 18.0 Å². The summed E-state index contributed by atoms with van der Waals surface area (Å²) in [5.41, 5.74) is 9.49. The summed E-state index contributed by atoms with van der Waals surface area (Å²) in [4.78, 5) is 14.0. The summed E-state index contributed by atoms with van der Waals surface area (Å²) in [6.07, 6.45) is 0.0166. The van der Waals surface area contributed by atoms with Gasteiger partial charge < -0.3 is 20.7 Å². The highest BCUT2D eigenvalue weighted by Gasteiger charge is 2.38. The van der Waals surface area contributed by atoms with Gasteiger partial charge in [0, 0.05) is 43.3 Å². The molecule has 9 nitrogen and oxygen atoms in total. The van der Waals surface area contributed by atoms with Crippen LogP contribution in [0.1, 0.15) is 11.1 Å². The van der Waals surface area contributed by atoms with Gasteiger partial charge in [0.15, 0.2) is 9.84 Å². The van der Waals surface area contributed by atoms with E-state index in [2.05, 4.69) is 33.1 Å². The quantitative estimate of drug-likeness (QED) is 0.569. The van der Waals surface area contributed by atoms with Gasteiger partial charge in [0.2, 0.25) is 0 Å². The lowest BCUT2D eigenvalue weighted by Crippen LogP contribution is -2.30. The van der Waals surface area contributed by atoms with E-state index in [1.807, 2.05) is 30.3 Å². The molecule has 182 valence electrons. The summed E-state index contributed by atoms with van der Waals surface area (Å²) in [5, 5.41) is 4.63. The molecule has 1 saturated heterocycles. The third-order valence-electron chi connectivity index (χ3n) is 6.94. The van der Waals surface area contributed by atoms with Crippen LogP contribution in [-0.4, -0.2) is 68.5 Å². The number of benzene rings is 2. The standard InChI is InChI=1S/C25H28N6O3S/c1-16-6-7-19-18(10-16)20(27-15-30-13-21-22(14-30)34-25(26)29-21)11-24(28-19)31-8-9-35(32,33)23-5-3-2-4-17(23)12-31/h2-7,10-11,21-22H,8-9,12-15H2,1H3,(H2,26,29)(H,27,28). The maximum atomic E-state index is 12.8. The second kappa shape index (κ2) is 8.39. The molecular formula is C25H28N6O3S. The van der Waals surface area contributed by atoms with Crippen molar-refractivity contribution >= 4 is 38.3 Å². The number of hydrogen-bond acceptors (Lipinski definition) is 9. The average molecular weight is 493 g/mol. The lowest BCUT2D eigenvalue weighted by atomic mass is 10.1. The Kier molecular flexibility index (Phi) is 5.30. The minimum Gasteiger partial charge on any atom is -0.458 e. The van der Waals surface area contributed by atoms with E-state index in [9.17, 15) is 8.42 Å². The van der Waals surface area contributed by atoms with Gasteiger partial charge in [-0.1, -0.05) is 29.8 Å². The Morgan fingerprint density at radius 3 is 2.89 bits per heavy atom. The highest BCUT2D eigenvalue weighted by Crippen LogP contribution is 2.31. The second-order valence-electron chi connectivity index (χ2n) is 9.46. The second-order valence-corrected chi connectivity index (χ2v) is 11.5. The number of aliphatic imine (C=N–C) groups is 1. The van der Waals surface area contributed by atoms with E-state index in [-0.39, 0.29) is 23.9 Å². The molecule has 0 radical (unpaired) electrons. The number of aromatic nitrogens is 1. The molecule has 3 aliphatic heterocycles. The first-order valence-electron chi connectivity index (χ1n) is 11.8. The minimum atomic E-state index is -3.33. The van der Waals surface area contributed by atoms with Crippen molar-refractivity contribution in [3.63, 3.8) is 0 Å². The predicted molar refractivity (Wildman–Crippen MR) is 136 cm³/mol. The van der Waals surface area contributed by atoms with E-state index in [4.69, 9.17) is 15.5 Å². The Labute approximate surface area is 204 Å². The van der Waals surface area contributed by atoms with Gasteiger partial charge in [-0.2, -0.15) is 0 Å². The molecule has 4 heterocycles. The van der Waals surface area contributed by atoms with Gasteiger partial charge in [-0.25, -0.2) is 18.4 Å². The SMILES string of the molecule is Cc1ccc2nc(N3CCS(=O)(=O)c4ccccc4C3)cc(NCN3CC4N=C(N)OC4C3)c2c1. The molecule has 1 aromatic heterocycles. The number of nitrogens with zero attached hydrogens (tertiary/aromatic N) is 4. The monoisotopic (exact) mass is 492 g/mol. The molecule has 1 fully saturated rings. The molecule has 3 N–H and O–H groups in total. The molecule has 35 heavy (non-hydrogen) atoms. The average Bonchev–Trinajstić information content (AvgIpc) is 3.32. The molecule has 2 unspecified atom stereocenters. The third-order valence-corrected chi connectivity index (χ3v) is 8.73. The van der Waals surface area contributed by atoms with Gasteiger partial charge in [-0.15, -0.1) is 0 Å². The Bertz CT molecular complexity index is 1440. The summed E-state index contributed by atoms with van der Waals surface area (Å²) in [5.74, 6) is 0.815. The van der Waals surface area contributed by atoms with Gasteiger partial charge >= 0.3 is 0 Å². The van der Waals surface area contributed by atoms with Crippen molar-refractivity contribution in [2.45, 2.75) is 30.5 Å². The molecule has 0 saturated carbocycles. The normalized spacial score (nSPS) is 23.3. The van der Waals surface area contributed by atoms with E-state index in [0.717, 1.165) is 46.6 Å². The van der Waals surface area contributed by atoms with Crippen molar-refractivity contribution in [2.24, 2.45) is 10.7 Å². The fourth-order valence-electron chi connectivity index (χ4n) is 5.14. The zero-order valence-electron chi connectivity index (χ0n) is 19.5. The largest absolute Gasteiger partial charge is 0.458 e. The van der Waals surface area contributed by atoms with Crippen LogP contribution in [0.5, 0.6) is 0 Å². The van der Waals surface area contributed by atoms with Gasteiger partial charge in [0.25, 0.3) is 6.02 Å². The first kappa shape index (κ1) is 22.1. The van der Waals surface area contributed by atoms with Crippen LogP contribution in [0.3, 0.4) is 0 Å². The first-order chi connectivity index (χ1) is 16.9. The number of ether oxygens (including phenoxy) is 1. The molecule has 6 rings (SSSR count). The van der Waals surface area contributed by atoms with Crippen LogP contribution in [0.2, 0.25) is 0 Å². The van der Waals surface area contributed by atoms with E-state index in [1.54, 1.807) is 12.1 Å². The van der Waals surface area contributed by atoms with Gasteiger partial charge in [0.05, 0.1) is 22.8 Å². The maximum absolute atomic E-state index is 12.8. The zero-order chi connectivity index (χ0) is 24.2. The maximum Gasteiger partial charge on any atom is 0.282 e. The number of nitrogens with one attached hydrogen (secondary N) is 1. The number of anilines is 2. The van der Waals surface area contributed by atoms with Gasteiger partial charge in [-0.3, -0.25) is 4.90 Å². The van der Waals surface area contributed by atoms with Crippen LogP contribution in [0.4, 0.5) is 11.5 Å². The Morgan fingerprint density at radius 2 is 2.03 bits per heavy atom. The molecule has 2 aromatic carbocycles. The molecule has 10 heteroatoms.